The molecule has 1 aromatic rings. The van der Waals surface area contributed by atoms with Crippen LogP contribution >= 0.6 is 0 Å². The Hall–Kier alpha value is -0.980. The molecule has 1 aromatic heterocycles. The summed E-state index contributed by atoms with van der Waals surface area (Å²) in [6, 6.07) is 0.460. The molecule has 0 spiro atoms. The van der Waals surface area contributed by atoms with Crippen LogP contribution in [0.5, 0.6) is 0 Å². The maximum absolute atomic E-state index is 5.71. The van der Waals surface area contributed by atoms with Gasteiger partial charge in [-0.3, -0.25) is 0 Å². The second-order valence-corrected chi connectivity index (χ2v) is 5.49. The van der Waals surface area contributed by atoms with Crippen LogP contribution in [0.4, 0.5) is 0 Å². The molecule has 1 aliphatic rings. The molecular weight excluding hydrogens is 242 g/mol. The Labute approximate surface area is 114 Å². The zero-order valence-electron chi connectivity index (χ0n) is 12.2. The summed E-state index contributed by atoms with van der Waals surface area (Å²) >= 11 is 0. The van der Waals surface area contributed by atoms with Gasteiger partial charge in [0, 0.05) is 38.6 Å². The fraction of sp³-hybridized carbons (Fsp3) is 0.846. The van der Waals surface area contributed by atoms with E-state index < -0.39 is 0 Å². The summed E-state index contributed by atoms with van der Waals surface area (Å²) in [4.78, 5) is 9.22. The van der Waals surface area contributed by atoms with Gasteiger partial charge in [0.2, 0.25) is 5.89 Å². The van der Waals surface area contributed by atoms with Gasteiger partial charge in [-0.05, 0) is 20.5 Å². The van der Waals surface area contributed by atoms with Gasteiger partial charge in [0.25, 0.3) is 0 Å². The average Bonchev–Trinajstić information content (AvgIpc) is 2.84. The normalized spacial score (nSPS) is 23.7. The summed E-state index contributed by atoms with van der Waals surface area (Å²) in [7, 11) is 4.32. The highest BCUT2D eigenvalue weighted by atomic mass is 16.5. The first kappa shape index (κ1) is 14.4. The number of hydrogen-bond acceptors (Lipinski definition) is 6. The molecule has 2 heterocycles. The van der Waals surface area contributed by atoms with Crippen molar-refractivity contribution in [1.82, 2.24) is 19.9 Å². The second kappa shape index (κ2) is 6.45. The van der Waals surface area contributed by atoms with E-state index in [1.54, 1.807) is 0 Å². The Balaban J connectivity index is 1.99. The van der Waals surface area contributed by atoms with Crippen LogP contribution in [0.3, 0.4) is 0 Å². The van der Waals surface area contributed by atoms with Crippen LogP contribution in [-0.4, -0.2) is 66.3 Å². The van der Waals surface area contributed by atoms with Gasteiger partial charge in [-0.15, -0.1) is 0 Å². The van der Waals surface area contributed by atoms with Gasteiger partial charge in [-0.25, -0.2) is 0 Å². The van der Waals surface area contributed by atoms with Crippen LogP contribution in [0.25, 0.3) is 0 Å². The molecule has 1 fully saturated rings. The molecule has 1 aliphatic heterocycles. The monoisotopic (exact) mass is 267 g/mol. The van der Waals surface area contributed by atoms with Crippen molar-refractivity contribution in [3.05, 3.63) is 11.7 Å². The van der Waals surface area contributed by atoms with Crippen molar-refractivity contribution in [2.75, 3.05) is 40.3 Å². The number of aromatic nitrogens is 2. The summed E-state index contributed by atoms with van der Waals surface area (Å²) in [5.41, 5.74) is 5.71. The Morgan fingerprint density at radius 3 is 2.89 bits per heavy atom. The van der Waals surface area contributed by atoms with Crippen LogP contribution in [0.15, 0.2) is 4.52 Å². The first-order chi connectivity index (χ1) is 9.13. The Kier molecular flexibility index (Phi) is 4.90. The fourth-order valence-corrected chi connectivity index (χ4v) is 2.49. The van der Waals surface area contributed by atoms with E-state index in [9.17, 15) is 0 Å². The lowest BCUT2D eigenvalue weighted by molar-refractivity contribution is 0.113. The van der Waals surface area contributed by atoms with E-state index in [2.05, 4.69) is 41.0 Å². The Morgan fingerprint density at radius 1 is 1.42 bits per heavy atom. The predicted molar refractivity (Wildman–Crippen MR) is 74.0 cm³/mol. The van der Waals surface area contributed by atoms with Gasteiger partial charge in [-0.2, -0.15) is 4.98 Å². The molecule has 1 saturated heterocycles. The van der Waals surface area contributed by atoms with Crippen molar-refractivity contribution in [2.24, 2.45) is 5.73 Å². The molecule has 108 valence electrons. The smallest absolute Gasteiger partial charge is 0.231 e. The quantitative estimate of drug-likeness (QED) is 0.828. The van der Waals surface area contributed by atoms with Crippen LogP contribution < -0.4 is 5.73 Å². The molecule has 0 bridgehead atoms. The third-order valence-electron chi connectivity index (χ3n) is 4.01. The third-order valence-corrected chi connectivity index (χ3v) is 4.01. The molecule has 0 amide bonds. The van der Waals surface area contributed by atoms with Gasteiger partial charge < -0.3 is 20.1 Å². The van der Waals surface area contributed by atoms with E-state index in [0.29, 0.717) is 18.5 Å². The van der Waals surface area contributed by atoms with Crippen molar-refractivity contribution in [3.8, 4) is 0 Å². The lowest BCUT2D eigenvalue weighted by Gasteiger charge is -2.37. The molecule has 6 heteroatoms. The second-order valence-electron chi connectivity index (χ2n) is 5.49. The minimum atomic E-state index is 0.188. The molecule has 2 unspecified atom stereocenters. The lowest BCUT2D eigenvalue weighted by atomic mass is 10.1. The molecule has 0 radical (unpaired) electrons. The van der Waals surface area contributed by atoms with E-state index in [0.717, 1.165) is 38.3 Å². The van der Waals surface area contributed by atoms with Crippen molar-refractivity contribution >= 4 is 0 Å². The highest BCUT2D eigenvalue weighted by Gasteiger charge is 2.25. The van der Waals surface area contributed by atoms with Crippen LogP contribution in [0.2, 0.25) is 0 Å². The summed E-state index contributed by atoms with van der Waals surface area (Å²) < 4.78 is 5.34. The van der Waals surface area contributed by atoms with E-state index in [1.807, 2.05) is 0 Å². The standard InChI is InChI=1S/C13H25N5O/c1-4-10(8-14)13-15-12(16-19-13)7-11-9-17(2)5-6-18(11)3/h10-11H,4-9,14H2,1-3H3. The van der Waals surface area contributed by atoms with Gasteiger partial charge in [0.15, 0.2) is 5.82 Å². The highest BCUT2D eigenvalue weighted by Crippen LogP contribution is 2.17. The van der Waals surface area contributed by atoms with Crippen molar-refractivity contribution < 1.29 is 4.52 Å². The highest BCUT2D eigenvalue weighted by molar-refractivity contribution is 4.97. The molecule has 2 atom stereocenters. The molecular formula is C13H25N5O. The largest absolute Gasteiger partial charge is 0.339 e. The van der Waals surface area contributed by atoms with E-state index in [4.69, 9.17) is 10.3 Å². The minimum Gasteiger partial charge on any atom is -0.339 e. The average molecular weight is 267 g/mol. The number of rotatable bonds is 5. The summed E-state index contributed by atoms with van der Waals surface area (Å²) in [5, 5.41) is 4.10. The molecule has 19 heavy (non-hydrogen) atoms. The molecule has 0 aromatic carbocycles. The first-order valence-corrected chi connectivity index (χ1v) is 7.05. The van der Waals surface area contributed by atoms with E-state index in [-0.39, 0.29) is 5.92 Å². The van der Waals surface area contributed by atoms with Gasteiger partial charge >= 0.3 is 0 Å². The third kappa shape index (κ3) is 3.52. The summed E-state index contributed by atoms with van der Waals surface area (Å²) in [5.74, 6) is 1.67. The first-order valence-electron chi connectivity index (χ1n) is 7.05. The zero-order chi connectivity index (χ0) is 13.8. The molecule has 2 rings (SSSR count). The predicted octanol–water partition coefficient (Wildman–Crippen LogP) is 0.310. The maximum Gasteiger partial charge on any atom is 0.231 e. The number of likely N-dealkylation sites (N-methyl/N-ethyl adjacent to an activating group) is 2. The van der Waals surface area contributed by atoms with Crippen LogP contribution in [-0.2, 0) is 6.42 Å². The lowest BCUT2D eigenvalue weighted by Crippen LogP contribution is -2.50. The summed E-state index contributed by atoms with van der Waals surface area (Å²) in [6.07, 6.45) is 1.77. The van der Waals surface area contributed by atoms with Crippen molar-refractivity contribution in [1.29, 1.82) is 0 Å². The number of nitrogens with zero attached hydrogens (tertiary/aromatic N) is 4. The molecule has 6 nitrogen and oxygen atoms in total. The van der Waals surface area contributed by atoms with Crippen LogP contribution in [0.1, 0.15) is 31.0 Å². The Bertz CT molecular complexity index is 390. The number of hydrogen-bond donors (Lipinski definition) is 1. The molecule has 0 saturated carbocycles. The van der Waals surface area contributed by atoms with Gasteiger partial charge in [-0.1, -0.05) is 12.1 Å². The summed E-state index contributed by atoms with van der Waals surface area (Å²) in [6.45, 7) is 5.91. The Morgan fingerprint density at radius 2 is 2.21 bits per heavy atom. The molecule has 0 aliphatic carbocycles. The minimum absolute atomic E-state index is 0.188. The van der Waals surface area contributed by atoms with Gasteiger partial charge in [0.1, 0.15) is 0 Å². The van der Waals surface area contributed by atoms with E-state index >= 15 is 0 Å². The van der Waals surface area contributed by atoms with E-state index in [1.165, 1.54) is 0 Å². The van der Waals surface area contributed by atoms with Crippen molar-refractivity contribution in [2.45, 2.75) is 31.7 Å². The van der Waals surface area contributed by atoms with Crippen LogP contribution in [0, 0.1) is 0 Å². The van der Waals surface area contributed by atoms with Gasteiger partial charge in [0.05, 0.1) is 5.92 Å². The maximum atomic E-state index is 5.71. The fourth-order valence-electron chi connectivity index (χ4n) is 2.49. The molecule has 2 N–H and O–H groups in total. The number of nitrogens with two attached hydrogens (primary N) is 1. The van der Waals surface area contributed by atoms with Crippen molar-refractivity contribution in [3.63, 3.8) is 0 Å². The number of piperazine rings is 1. The zero-order valence-corrected chi connectivity index (χ0v) is 12.2. The topological polar surface area (TPSA) is 71.4 Å². The SMILES string of the molecule is CCC(CN)c1nc(CC2CN(C)CCN2C)no1.